The topological polar surface area (TPSA) is 107 Å². The Labute approximate surface area is 174 Å². The highest BCUT2D eigenvalue weighted by Crippen LogP contribution is 2.27. The van der Waals surface area contributed by atoms with Crippen LogP contribution >= 0.6 is 0 Å². The number of imide groups is 1. The number of carbonyl (C=O) groups excluding carboxylic acids is 3. The fraction of sp³-hybridized carbons (Fsp3) is 0.500. The molecule has 0 unspecified atom stereocenters. The molecule has 1 aromatic heterocycles. The Balaban J connectivity index is 1.96. The van der Waals surface area contributed by atoms with E-state index in [0.717, 1.165) is 5.56 Å². The average Bonchev–Trinajstić information content (AvgIpc) is 2.62. The third kappa shape index (κ3) is 4.27. The minimum absolute atomic E-state index is 0.155. The van der Waals surface area contributed by atoms with Gasteiger partial charge in [0.25, 0.3) is 11.5 Å². The second kappa shape index (κ2) is 7.66. The Morgan fingerprint density at radius 2 is 1.97 bits per heavy atom. The minimum atomic E-state index is -1.19. The molecule has 160 valence electrons. The van der Waals surface area contributed by atoms with E-state index in [1.54, 1.807) is 26.0 Å². The maximum atomic E-state index is 13.3. The Morgan fingerprint density at radius 3 is 2.60 bits per heavy atom. The molecule has 0 aliphatic carbocycles. The Kier molecular flexibility index (Phi) is 5.54. The molecule has 1 aromatic carbocycles. The first-order chi connectivity index (χ1) is 13.9. The van der Waals surface area contributed by atoms with Crippen LogP contribution in [-0.4, -0.2) is 32.9 Å². The predicted octanol–water partition coefficient (Wildman–Crippen LogP) is 2.13. The van der Waals surface area contributed by atoms with Crippen LogP contribution in [0.3, 0.4) is 0 Å². The molecule has 8 heteroatoms. The lowest BCUT2D eigenvalue weighted by Gasteiger charge is -2.34. The second-order valence-electron chi connectivity index (χ2n) is 8.89. The van der Waals surface area contributed by atoms with Gasteiger partial charge in [-0.1, -0.05) is 6.07 Å². The zero-order valence-corrected chi connectivity index (χ0v) is 18.0. The normalized spacial score (nSPS) is 19.6. The van der Waals surface area contributed by atoms with Crippen LogP contribution in [0.5, 0.6) is 0 Å². The molecule has 0 bridgehead atoms. The van der Waals surface area contributed by atoms with Gasteiger partial charge in [0, 0.05) is 12.8 Å². The molecule has 0 saturated carbocycles. The molecule has 1 aliphatic rings. The van der Waals surface area contributed by atoms with Gasteiger partial charge in [0.05, 0.1) is 10.9 Å². The fourth-order valence-corrected chi connectivity index (χ4v) is 3.73. The average molecular weight is 413 g/mol. The van der Waals surface area contributed by atoms with Crippen LogP contribution < -0.4 is 10.9 Å². The highest BCUT2D eigenvalue weighted by Gasteiger charge is 2.42. The molecule has 1 fully saturated rings. The van der Waals surface area contributed by atoms with E-state index in [0.29, 0.717) is 23.1 Å². The third-order valence-electron chi connectivity index (χ3n) is 5.21. The van der Waals surface area contributed by atoms with Gasteiger partial charge >= 0.3 is 5.97 Å². The number of ether oxygens (including phenoxy) is 1. The lowest BCUT2D eigenvalue weighted by Crippen LogP contribution is -2.56. The van der Waals surface area contributed by atoms with Gasteiger partial charge in [-0.25, -0.2) is 4.98 Å². The van der Waals surface area contributed by atoms with Gasteiger partial charge in [-0.2, -0.15) is 0 Å². The molecule has 0 spiro atoms. The molecular formula is C22H27N3O5. The van der Waals surface area contributed by atoms with Crippen molar-refractivity contribution < 1.29 is 19.1 Å². The molecule has 1 saturated heterocycles. The molecule has 1 N–H and O–H groups in total. The van der Waals surface area contributed by atoms with E-state index < -0.39 is 17.0 Å². The fourth-order valence-electron chi connectivity index (χ4n) is 3.73. The molecule has 2 heterocycles. The van der Waals surface area contributed by atoms with Gasteiger partial charge in [0.15, 0.2) is 0 Å². The number of hydrogen-bond donors (Lipinski definition) is 1. The van der Waals surface area contributed by atoms with Crippen molar-refractivity contribution in [3.8, 4) is 0 Å². The molecule has 1 aliphatic heterocycles. The lowest BCUT2D eigenvalue weighted by molar-refractivity contribution is -0.154. The second-order valence-corrected chi connectivity index (χ2v) is 8.89. The van der Waals surface area contributed by atoms with E-state index in [1.165, 1.54) is 4.57 Å². The molecule has 8 nitrogen and oxygen atoms in total. The highest BCUT2D eigenvalue weighted by molar-refractivity contribution is 6.01. The minimum Gasteiger partial charge on any atom is -0.460 e. The summed E-state index contributed by atoms with van der Waals surface area (Å²) in [5.41, 5.74) is -0.763. The van der Waals surface area contributed by atoms with Gasteiger partial charge in [-0.3, -0.25) is 29.1 Å². The summed E-state index contributed by atoms with van der Waals surface area (Å²) in [4.78, 5) is 53.9. The van der Waals surface area contributed by atoms with Gasteiger partial charge in [-0.05, 0) is 65.2 Å². The third-order valence-corrected chi connectivity index (χ3v) is 5.21. The van der Waals surface area contributed by atoms with Crippen molar-refractivity contribution in [2.24, 2.45) is 0 Å². The number of aryl methyl sites for hydroxylation is 2. The highest BCUT2D eigenvalue weighted by atomic mass is 16.6. The molecule has 3 rings (SSSR count). The molecule has 2 aromatic rings. The number of fused-ring (bicyclic) bond motifs is 1. The van der Waals surface area contributed by atoms with Gasteiger partial charge in [-0.15, -0.1) is 0 Å². The number of carbonyl (C=O) groups is 3. The maximum Gasteiger partial charge on any atom is 0.306 e. The zero-order valence-electron chi connectivity index (χ0n) is 18.0. The van der Waals surface area contributed by atoms with Crippen molar-refractivity contribution in [2.75, 3.05) is 0 Å². The summed E-state index contributed by atoms with van der Waals surface area (Å²) < 4.78 is 6.70. The van der Waals surface area contributed by atoms with Crippen molar-refractivity contribution in [3.05, 3.63) is 39.9 Å². The molecular weight excluding hydrogens is 386 g/mol. The number of rotatable bonds is 4. The van der Waals surface area contributed by atoms with Crippen LogP contribution in [0.2, 0.25) is 0 Å². The summed E-state index contributed by atoms with van der Waals surface area (Å²) in [6, 6.07) is 5.28. The molecule has 30 heavy (non-hydrogen) atoms. The molecule has 2 amide bonds. The van der Waals surface area contributed by atoms with Crippen LogP contribution in [0.1, 0.15) is 58.3 Å². The van der Waals surface area contributed by atoms with Crippen LogP contribution in [0, 0.1) is 6.92 Å². The standard InChI is InChI=1S/C22H27N3O5/c1-13-23-16-8-6-14(7-9-18(27)30-21(2,3)4)12-15(16)19(28)25(13)22(5)11-10-17(26)24-20(22)29/h6,8,12H,7,9-11H2,1-5H3,(H,24,26,29)/t22-/m1/s1. The summed E-state index contributed by atoms with van der Waals surface area (Å²) in [5, 5.41) is 2.69. The van der Waals surface area contributed by atoms with E-state index in [2.05, 4.69) is 10.3 Å². The number of benzene rings is 1. The van der Waals surface area contributed by atoms with Gasteiger partial charge < -0.3 is 4.74 Å². The van der Waals surface area contributed by atoms with Crippen LogP contribution in [0.15, 0.2) is 23.0 Å². The van der Waals surface area contributed by atoms with Gasteiger partial charge in [0.2, 0.25) is 5.91 Å². The molecule has 0 radical (unpaired) electrons. The van der Waals surface area contributed by atoms with Crippen molar-refractivity contribution in [3.63, 3.8) is 0 Å². The van der Waals surface area contributed by atoms with Gasteiger partial charge in [0.1, 0.15) is 17.0 Å². The lowest BCUT2D eigenvalue weighted by atomic mass is 9.90. The van der Waals surface area contributed by atoms with E-state index in [9.17, 15) is 19.2 Å². The monoisotopic (exact) mass is 413 g/mol. The number of amides is 2. The summed E-state index contributed by atoms with van der Waals surface area (Å²) in [6.07, 6.45) is 0.995. The van der Waals surface area contributed by atoms with Crippen LogP contribution in [-0.2, 0) is 31.1 Å². The number of nitrogens with one attached hydrogen (secondary N) is 1. The first-order valence-electron chi connectivity index (χ1n) is 10.00. The van der Waals surface area contributed by atoms with E-state index in [1.807, 2.05) is 26.8 Å². The zero-order chi connectivity index (χ0) is 22.3. The van der Waals surface area contributed by atoms with Crippen molar-refractivity contribution in [1.82, 2.24) is 14.9 Å². The first-order valence-corrected chi connectivity index (χ1v) is 10.00. The summed E-state index contributed by atoms with van der Waals surface area (Å²) in [6.45, 7) is 8.75. The summed E-state index contributed by atoms with van der Waals surface area (Å²) >= 11 is 0. The van der Waals surface area contributed by atoms with E-state index in [4.69, 9.17) is 4.74 Å². The number of esters is 1. The number of nitrogens with zero attached hydrogens (tertiary/aromatic N) is 2. The Morgan fingerprint density at radius 1 is 1.27 bits per heavy atom. The summed E-state index contributed by atoms with van der Waals surface area (Å²) in [5.74, 6) is -0.758. The largest absolute Gasteiger partial charge is 0.460 e. The van der Waals surface area contributed by atoms with E-state index in [-0.39, 0.29) is 36.7 Å². The van der Waals surface area contributed by atoms with Crippen molar-refractivity contribution in [2.45, 2.75) is 71.4 Å². The van der Waals surface area contributed by atoms with Crippen molar-refractivity contribution >= 4 is 28.7 Å². The van der Waals surface area contributed by atoms with E-state index >= 15 is 0 Å². The number of piperidine rings is 1. The van der Waals surface area contributed by atoms with Crippen molar-refractivity contribution in [1.29, 1.82) is 0 Å². The first kappa shape index (κ1) is 21.7. The SMILES string of the molecule is Cc1nc2ccc(CCC(=O)OC(C)(C)C)cc2c(=O)n1[C@]1(C)CCC(=O)NC1=O. The molecule has 1 atom stereocenters. The predicted molar refractivity (Wildman–Crippen MR) is 111 cm³/mol. The quantitative estimate of drug-likeness (QED) is 0.608. The Hall–Kier alpha value is -3.03. The smallest absolute Gasteiger partial charge is 0.306 e. The maximum absolute atomic E-state index is 13.3. The Bertz CT molecular complexity index is 1100. The van der Waals surface area contributed by atoms with Crippen LogP contribution in [0.4, 0.5) is 0 Å². The summed E-state index contributed by atoms with van der Waals surface area (Å²) in [7, 11) is 0. The van der Waals surface area contributed by atoms with Crippen LogP contribution in [0.25, 0.3) is 10.9 Å². The number of aromatic nitrogens is 2. The number of hydrogen-bond acceptors (Lipinski definition) is 6.